The maximum Gasteiger partial charge on any atom is 0.246 e. The molecule has 1 atom stereocenters. The standard InChI is InChI=1S/C19H21Cl2N3O3S/c1-12(19(25)23-18-10-14(20)6-7-16(18)21)22-17-5-3-4-13-11-24(28(2,26)27)9-8-15(13)17/h3-7,10,12,22H,8-9,11H2,1-2H3,(H,23,25). The third-order valence-electron chi connectivity index (χ3n) is 4.65. The molecule has 0 spiro atoms. The molecule has 150 valence electrons. The lowest BCUT2D eigenvalue weighted by atomic mass is 9.98. The van der Waals surface area contributed by atoms with Crippen LogP contribution in [0.15, 0.2) is 36.4 Å². The van der Waals surface area contributed by atoms with Gasteiger partial charge in [0, 0.05) is 23.8 Å². The molecule has 0 bridgehead atoms. The summed E-state index contributed by atoms with van der Waals surface area (Å²) in [6.07, 6.45) is 1.80. The first-order valence-electron chi connectivity index (χ1n) is 8.73. The molecule has 0 saturated carbocycles. The smallest absolute Gasteiger partial charge is 0.246 e. The predicted octanol–water partition coefficient (Wildman–Crippen LogP) is 3.75. The van der Waals surface area contributed by atoms with E-state index in [2.05, 4.69) is 10.6 Å². The highest BCUT2D eigenvalue weighted by atomic mass is 35.5. The fourth-order valence-corrected chi connectivity index (χ4v) is 4.27. The number of benzene rings is 2. The molecular formula is C19H21Cl2N3O3S. The summed E-state index contributed by atoms with van der Waals surface area (Å²) in [6.45, 7) is 2.50. The summed E-state index contributed by atoms with van der Waals surface area (Å²) in [4.78, 5) is 12.6. The second-order valence-electron chi connectivity index (χ2n) is 6.77. The average Bonchev–Trinajstić information content (AvgIpc) is 2.63. The van der Waals surface area contributed by atoms with Gasteiger partial charge in [-0.2, -0.15) is 4.31 Å². The van der Waals surface area contributed by atoms with Gasteiger partial charge >= 0.3 is 0 Å². The van der Waals surface area contributed by atoms with Crippen LogP contribution in [0.5, 0.6) is 0 Å². The van der Waals surface area contributed by atoms with E-state index >= 15 is 0 Å². The SMILES string of the molecule is CC(Nc1cccc2c1CCN(S(C)(=O)=O)C2)C(=O)Nc1cc(Cl)ccc1Cl. The van der Waals surface area contributed by atoms with Crippen molar-refractivity contribution in [2.45, 2.75) is 25.9 Å². The highest BCUT2D eigenvalue weighted by molar-refractivity contribution is 7.88. The first-order chi connectivity index (χ1) is 13.1. The molecule has 2 N–H and O–H groups in total. The molecule has 6 nitrogen and oxygen atoms in total. The number of anilines is 2. The van der Waals surface area contributed by atoms with E-state index in [1.165, 1.54) is 10.6 Å². The van der Waals surface area contributed by atoms with Crippen LogP contribution in [0.1, 0.15) is 18.1 Å². The van der Waals surface area contributed by atoms with E-state index in [4.69, 9.17) is 23.2 Å². The summed E-state index contributed by atoms with van der Waals surface area (Å²) >= 11 is 12.1. The van der Waals surface area contributed by atoms with Gasteiger partial charge in [0.1, 0.15) is 6.04 Å². The Bertz CT molecular complexity index is 1010. The molecule has 2 aromatic rings. The van der Waals surface area contributed by atoms with Crippen molar-refractivity contribution in [3.63, 3.8) is 0 Å². The fraction of sp³-hybridized carbons (Fsp3) is 0.316. The summed E-state index contributed by atoms with van der Waals surface area (Å²) in [5, 5.41) is 6.88. The largest absolute Gasteiger partial charge is 0.374 e. The normalized spacial score (nSPS) is 15.6. The van der Waals surface area contributed by atoms with Crippen LogP contribution in [0.2, 0.25) is 10.0 Å². The second-order valence-corrected chi connectivity index (χ2v) is 9.60. The Morgan fingerprint density at radius 3 is 2.64 bits per heavy atom. The van der Waals surface area contributed by atoms with Crippen LogP contribution in [0.3, 0.4) is 0 Å². The Hall–Kier alpha value is -1.80. The topological polar surface area (TPSA) is 78.5 Å². The maximum absolute atomic E-state index is 12.6. The third kappa shape index (κ3) is 4.78. The van der Waals surface area contributed by atoms with E-state index in [1.807, 2.05) is 18.2 Å². The van der Waals surface area contributed by atoms with Gasteiger partial charge in [0.05, 0.1) is 17.0 Å². The van der Waals surface area contributed by atoms with E-state index in [-0.39, 0.29) is 5.91 Å². The molecule has 0 fully saturated rings. The minimum Gasteiger partial charge on any atom is -0.374 e. The predicted molar refractivity (Wildman–Crippen MR) is 114 cm³/mol. The number of sulfonamides is 1. The Morgan fingerprint density at radius 2 is 1.93 bits per heavy atom. The lowest BCUT2D eigenvalue weighted by Crippen LogP contribution is -2.36. The molecule has 1 aliphatic heterocycles. The van der Waals surface area contributed by atoms with E-state index in [1.54, 1.807) is 25.1 Å². The van der Waals surface area contributed by atoms with Gasteiger partial charge in [-0.25, -0.2) is 8.42 Å². The quantitative estimate of drug-likeness (QED) is 0.740. The Balaban J connectivity index is 1.74. The first kappa shape index (κ1) is 20.9. The third-order valence-corrected chi connectivity index (χ3v) is 6.47. The lowest BCUT2D eigenvalue weighted by molar-refractivity contribution is -0.116. The van der Waals surface area contributed by atoms with Crippen molar-refractivity contribution >= 4 is 50.5 Å². The van der Waals surface area contributed by atoms with E-state index < -0.39 is 16.1 Å². The molecule has 28 heavy (non-hydrogen) atoms. The highest BCUT2D eigenvalue weighted by Gasteiger charge is 2.25. The minimum atomic E-state index is -3.23. The molecule has 2 aromatic carbocycles. The van der Waals surface area contributed by atoms with Crippen molar-refractivity contribution in [1.82, 2.24) is 4.31 Å². The van der Waals surface area contributed by atoms with E-state index in [9.17, 15) is 13.2 Å². The first-order valence-corrected chi connectivity index (χ1v) is 11.3. The molecule has 0 radical (unpaired) electrons. The van der Waals surface area contributed by atoms with Gasteiger partial charge in [0.25, 0.3) is 0 Å². The summed E-state index contributed by atoms with van der Waals surface area (Å²) in [6, 6.07) is 9.99. The van der Waals surface area contributed by atoms with Crippen molar-refractivity contribution in [3.05, 3.63) is 57.6 Å². The van der Waals surface area contributed by atoms with Crippen molar-refractivity contribution in [2.75, 3.05) is 23.4 Å². The van der Waals surface area contributed by atoms with Gasteiger partial charge in [0.2, 0.25) is 15.9 Å². The van der Waals surface area contributed by atoms with Crippen LogP contribution in [-0.2, 0) is 27.8 Å². The minimum absolute atomic E-state index is 0.254. The van der Waals surface area contributed by atoms with Crippen LogP contribution in [0.25, 0.3) is 0 Å². The number of carbonyl (C=O) groups is 1. The fourth-order valence-electron chi connectivity index (χ4n) is 3.13. The summed E-state index contributed by atoms with van der Waals surface area (Å²) < 4.78 is 25.1. The zero-order chi connectivity index (χ0) is 20.5. The molecule has 1 heterocycles. The zero-order valence-electron chi connectivity index (χ0n) is 15.5. The van der Waals surface area contributed by atoms with Gasteiger partial charge in [-0.3, -0.25) is 4.79 Å². The Kier molecular flexibility index (Phi) is 6.19. The molecule has 0 aromatic heterocycles. The number of fused-ring (bicyclic) bond motifs is 1. The van der Waals surface area contributed by atoms with Crippen LogP contribution in [0, 0.1) is 0 Å². The number of nitrogens with zero attached hydrogens (tertiary/aromatic N) is 1. The molecule has 1 unspecified atom stereocenters. The molecular weight excluding hydrogens is 421 g/mol. The summed E-state index contributed by atoms with van der Waals surface area (Å²) in [5.41, 5.74) is 3.24. The molecule has 3 rings (SSSR count). The van der Waals surface area contributed by atoms with Crippen LogP contribution in [0.4, 0.5) is 11.4 Å². The van der Waals surface area contributed by atoms with Gasteiger partial charge in [-0.05, 0) is 48.7 Å². The number of amides is 1. The van der Waals surface area contributed by atoms with Crippen molar-refractivity contribution in [3.8, 4) is 0 Å². The number of carbonyl (C=O) groups excluding carboxylic acids is 1. The maximum atomic E-state index is 12.6. The monoisotopic (exact) mass is 441 g/mol. The number of hydrogen-bond donors (Lipinski definition) is 2. The van der Waals surface area contributed by atoms with Crippen LogP contribution in [-0.4, -0.2) is 37.5 Å². The number of hydrogen-bond acceptors (Lipinski definition) is 4. The molecule has 0 aliphatic carbocycles. The van der Waals surface area contributed by atoms with Crippen molar-refractivity contribution in [1.29, 1.82) is 0 Å². The van der Waals surface area contributed by atoms with Crippen LogP contribution < -0.4 is 10.6 Å². The molecule has 9 heteroatoms. The summed E-state index contributed by atoms with van der Waals surface area (Å²) in [5.74, 6) is -0.254. The van der Waals surface area contributed by atoms with Gasteiger partial charge in [-0.1, -0.05) is 35.3 Å². The average molecular weight is 442 g/mol. The number of rotatable bonds is 5. The number of halogens is 2. The van der Waals surface area contributed by atoms with Gasteiger partial charge in [0.15, 0.2) is 0 Å². The van der Waals surface area contributed by atoms with Crippen LogP contribution >= 0.6 is 23.2 Å². The van der Waals surface area contributed by atoms with Gasteiger partial charge < -0.3 is 10.6 Å². The van der Waals surface area contributed by atoms with E-state index in [0.717, 1.165) is 16.8 Å². The molecule has 0 saturated heterocycles. The Labute approximate surface area is 174 Å². The lowest BCUT2D eigenvalue weighted by Gasteiger charge is -2.29. The van der Waals surface area contributed by atoms with E-state index in [0.29, 0.717) is 35.2 Å². The Morgan fingerprint density at radius 1 is 1.18 bits per heavy atom. The molecule has 1 aliphatic rings. The van der Waals surface area contributed by atoms with Crippen molar-refractivity contribution in [2.24, 2.45) is 0 Å². The second kappa shape index (κ2) is 8.29. The number of nitrogens with one attached hydrogen (secondary N) is 2. The zero-order valence-corrected chi connectivity index (χ0v) is 17.8. The van der Waals surface area contributed by atoms with Crippen molar-refractivity contribution < 1.29 is 13.2 Å². The molecule has 1 amide bonds. The summed E-state index contributed by atoms with van der Waals surface area (Å²) in [7, 11) is -3.23. The highest BCUT2D eigenvalue weighted by Crippen LogP contribution is 2.29. The van der Waals surface area contributed by atoms with Gasteiger partial charge in [-0.15, -0.1) is 0 Å².